The number of anilines is 1. The maximum atomic E-state index is 12.2. The molecule has 0 atom stereocenters. The summed E-state index contributed by atoms with van der Waals surface area (Å²) in [7, 11) is 0. The van der Waals surface area contributed by atoms with Crippen molar-refractivity contribution in [3.63, 3.8) is 0 Å². The molecule has 5 aromatic rings. The molecule has 11 heteroatoms. The minimum absolute atomic E-state index is 0.149. The Kier molecular flexibility index (Phi) is 5.02. The number of nitrogens with one attached hydrogen (secondary N) is 1. The molecule has 10 nitrogen and oxygen atoms in total. The molecule has 4 heterocycles. The maximum absolute atomic E-state index is 12.2. The number of H-pyrrole nitrogens is 1. The topological polar surface area (TPSA) is 146 Å². The second kappa shape index (κ2) is 8.00. The van der Waals surface area contributed by atoms with E-state index in [4.69, 9.17) is 19.3 Å². The van der Waals surface area contributed by atoms with Gasteiger partial charge in [0.15, 0.2) is 0 Å². The highest BCUT2D eigenvalue weighted by molar-refractivity contribution is 7.98. The van der Waals surface area contributed by atoms with Crippen LogP contribution in [0.15, 0.2) is 44.5 Å². The highest BCUT2D eigenvalue weighted by Gasteiger charge is 2.24. The first-order valence-corrected chi connectivity index (χ1v) is 10.8. The summed E-state index contributed by atoms with van der Waals surface area (Å²) in [6.07, 6.45) is 1.84. The van der Waals surface area contributed by atoms with Crippen LogP contribution in [0.4, 0.5) is 5.82 Å². The molecule has 0 unspecified atom stereocenters. The van der Waals surface area contributed by atoms with Crippen molar-refractivity contribution in [2.24, 2.45) is 0 Å². The Balaban J connectivity index is 1.37. The number of fused-ring (bicyclic) bond motifs is 2. The van der Waals surface area contributed by atoms with Crippen LogP contribution < -0.4 is 5.73 Å². The van der Waals surface area contributed by atoms with Crippen molar-refractivity contribution in [2.45, 2.75) is 24.8 Å². The lowest BCUT2D eigenvalue weighted by molar-refractivity contribution is 0.0526. The van der Waals surface area contributed by atoms with Gasteiger partial charge < -0.3 is 24.3 Å². The van der Waals surface area contributed by atoms with Crippen LogP contribution in [0, 0.1) is 6.92 Å². The predicted molar refractivity (Wildman–Crippen MR) is 118 cm³/mol. The van der Waals surface area contributed by atoms with Crippen molar-refractivity contribution in [3.05, 3.63) is 47.6 Å². The third-order valence-electron chi connectivity index (χ3n) is 4.83. The van der Waals surface area contributed by atoms with Crippen LogP contribution in [0.1, 0.15) is 28.9 Å². The Morgan fingerprint density at radius 3 is 2.91 bits per heavy atom. The van der Waals surface area contributed by atoms with Gasteiger partial charge in [-0.3, -0.25) is 0 Å². The van der Waals surface area contributed by atoms with Gasteiger partial charge in [0, 0.05) is 17.1 Å². The van der Waals surface area contributed by atoms with Crippen molar-refractivity contribution in [1.29, 1.82) is 0 Å². The first kappa shape index (κ1) is 20.1. The van der Waals surface area contributed by atoms with E-state index in [9.17, 15) is 4.79 Å². The van der Waals surface area contributed by atoms with Gasteiger partial charge in [0.25, 0.3) is 11.1 Å². The monoisotopic (exact) mass is 450 g/mol. The summed E-state index contributed by atoms with van der Waals surface area (Å²) in [4.78, 5) is 24.1. The van der Waals surface area contributed by atoms with Crippen LogP contribution in [0.2, 0.25) is 0 Å². The standard InChI is InChI=1S/C21H18N6O4S/c1-3-29-20(28)15-10(2)30-19-16(15)17(22)24-14(25-19)9-32-21-27-26-18(31-21)12-8-23-13-7-5-4-6-11(12)13/h4-8,23H,3,9H2,1-2H3,(H2,22,24,25). The fraction of sp³-hybridized carbons (Fsp3) is 0.190. The lowest BCUT2D eigenvalue weighted by atomic mass is 10.2. The molecule has 5 rings (SSSR count). The van der Waals surface area contributed by atoms with Crippen LogP contribution in [-0.2, 0) is 10.5 Å². The number of aryl methyl sites for hydroxylation is 1. The molecule has 4 aromatic heterocycles. The van der Waals surface area contributed by atoms with Gasteiger partial charge in [-0.1, -0.05) is 30.0 Å². The smallest absolute Gasteiger partial charge is 0.342 e. The molecule has 0 aliphatic rings. The molecule has 0 radical (unpaired) electrons. The molecule has 1 aromatic carbocycles. The Morgan fingerprint density at radius 1 is 1.22 bits per heavy atom. The minimum Gasteiger partial charge on any atom is -0.462 e. The molecule has 0 aliphatic heterocycles. The first-order chi connectivity index (χ1) is 15.5. The van der Waals surface area contributed by atoms with E-state index in [2.05, 4.69) is 25.1 Å². The fourth-order valence-electron chi connectivity index (χ4n) is 3.45. The number of nitrogens with zero attached hydrogens (tertiary/aromatic N) is 4. The fourth-order valence-corrected chi connectivity index (χ4v) is 4.07. The van der Waals surface area contributed by atoms with Crippen molar-refractivity contribution >= 4 is 45.6 Å². The van der Waals surface area contributed by atoms with Gasteiger partial charge in [-0.15, -0.1) is 10.2 Å². The number of rotatable bonds is 6. The van der Waals surface area contributed by atoms with Crippen molar-refractivity contribution in [3.8, 4) is 11.5 Å². The Hall–Kier alpha value is -3.86. The molecule has 32 heavy (non-hydrogen) atoms. The van der Waals surface area contributed by atoms with Crippen molar-refractivity contribution in [1.82, 2.24) is 25.1 Å². The Bertz CT molecular complexity index is 1450. The summed E-state index contributed by atoms with van der Waals surface area (Å²) < 4.78 is 16.5. The second-order valence-corrected chi connectivity index (χ2v) is 7.80. The van der Waals surface area contributed by atoms with Gasteiger partial charge in [0.05, 0.1) is 23.3 Å². The van der Waals surface area contributed by atoms with Crippen LogP contribution in [0.25, 0.3) is 33.5 Å². The van der Waals surface area contributed by atoms with E-state index < -0.39 is 5.97 Å². The number of nitrogen functional groups attached to an aromatic ring is 1. The summed E-state index contributed by atoms with van der Waals surface area (Å²) in [5.74, 6) is 1.17. The highest BCUT2D eigenvalue weighted by Crippen LogP contribution is 2.32. The predicted octanol–water partition coefficient (Wildman–Crippen LogP) is 4.11. The number of para-hydroxylation sites is 1. The van der Waals surface area contributed by atoms with Gasteiger partial charge in [-0.25, -0.2) is 9.78 Å². The molecule has 0 aliphatic carbocycles. The molecule has 0 saturated heterocycles. The van der Waals surface area contributed by atoms with Crippen molar-refractivity contribution < 1.29 is 18.4 Å². The number of carbonyl (C=O) groups excluding carboxylic acids is 1. The normalized spacial score (nSPS) is 11.4. The number of nitrogens with two attached hydrogens (primary N) is 1. The van der Waals surface area contributed by atoms with Crippen LogP contribution in [0.5, 0.6) is 0 Å². The number of thioether (sulfide) groups is 1. The first-order valence-electron chi connectivity index (χ1n) is 9.80. The molecule has 0 spiro atoms. The SMILES string of the molecule is CCOC(=O)c1c(C)oc2nc(CSc3nnc(-c4c[nH]c5ccccc45)o3)nc(N)c12. The minimum atomic E-state index is -0.517. The number of ether oxygens (including phenoxy) is 1. The summed E-state index contributed by atoms with van der Waals surface area (Å²) in [6.45, 7) is 3.63. The summed E-state index contributed by atoms with van der Waals surface area (Å²) >= 11 is 1.28. The Morgan fingerprint density at radius 2 is 2.06 bits per heavy atom. The molecular formula is C21H18N6O4S. The van der Waals surface area contributed by atoms with E-state index in [1.54, 1.807) is 13.8 Å². The average molecular weight is 450 g/mol. The molecule has 162 valence electrons. The second-order valence-electron chi connectivity index (χ2n) is 6.87. The highest BCUT2D eigenvalue weighted by atomic mass is 32.2. The van der Waals surface area contributed by atoms with Crippen molar-refractivity contribution in [2.75, 3.05) is 12.3 Å². The number of carbonyl (C=O) groups is 1. The maximum Gasteiger partial charge on any atom is 0.342 e. The molecule has 0 amide bonds. The van der Waals surface area contributed by atoms with Crippen LogP contribution >= 0.6 is 11.8 Å². The van der Waals surface area contributed by atoms with E-state index in [-0.39, 0.29) is 23.7 Å². The average Bonchev–Trinajstić information content (AvgIpc) is 3.48. The van der Waals surface area contributed by atoms with Gasteiger partial charge in [0.2, 0.25) is 5.71 Å². The number of esters is 1. The largest absolute Gasteiger partial charge is 0.462 e. The zero-order chi connectivity index (χ0) is 22.2. The number of aromatic nitrogens is 5. The van der Waals surface area contributed by atoms with Gasteiger partial charge in [-0.05, 0) is 19.9 Å². The number of aromatic amines is 1. The lowest BCUT2D eigenvalue weighted by Crippen LogP contribution is -2.07. The van der Waals surface area contributed by atoms with Crippen LogP contribution in [0.3, 0.4) is 0 Å². The quantitative estimate of drug-likeness (QED) is 0.286. The lowest BCUT2D eigenvalue weighted by Gasteiger charge is -2.03. The molecule has 3 N–H and O–H groups in total. The zero-order valence-corrected chi connectivity index (χ0v) is 18.0. The number of hydrogen-bond donors (Lipinski definition) is 2. The third-order valence-corrected chi connectivity index (χ3v) is 5.65. The molecule has 0 bridgehead atoms. The van der Waals surface area contributed by atoms with E-state index in [1.165, 1.54) is 11.8 Å². The van der Waals surface area contributed by atoms with Gasteiger partial charge in [-0.2, -0.15) is 4.98 Å². The van der Waals surface area contributed by atoms with Crippen LogP contribution in [-0.4, -0.2) is 37.7 Å². The van der Waals surface area contributed by atoms with Gasteiger partial charge in [0.1, 0.15) is 23.0 Å². The van der Waals surface area contributed by atoms with E-state index in [0.29, 0.717) is 33.8 Å². The Labute approximate surface area is 185 Å². The molecule has 0 saturated carbocycles. The van der Waals surface area contributed by atoms with E-state index in [0.717, 1.165) is 16.5 Å². The third kappa shape index (κ3) is 3.46. The number of furan rings is 1. The number of hydrogen-bond acceptors (Lipinski definition) is 10. The van der Waals surface area contributed by atoms with E-state index in [1.807, 2.05) is 30.5 Å². The zero-order valence-electron chi connectivity index (χ0n) is 17.2. The van der Waals surface area contributed by atoms with E-state index >= 15 is 0 Å². The van der Waals surface area contributed by atoms with Gasteiger partial charge >= 0.3 is 5.97 Å². The summed E-state index contributed by atoms with van der Waals surface area (Å²) in [5, 5.41) is 9.98. The number of benzene rings is 1. The summed E-state index contributed by atoms with van der Waals surface area (Å²) in [6, 6.07) is 7.87. The summed E-state index contributed by atoms with van der Waals surface area (Å²) in [5.41, 5.74) is 8.42. The molecular weight excluding hydrogens is 432 g/mol. The molecule has 0 fully saturated rings.